The number of anilines is 1. The third-order valence-electron chi connectivity index (χ3n) is 3.92. The summed E-state index contributed by atoms with van der Waals surface area (Å²) in [5.74, 6) is -1.07. The first-order valence-electron chi connectivity index (χ1n) is 9.31. The summed E-state index contributed by atoms with van der Waals surface area (Å²) in [5.41, 5.74) is 1.59. The van der Waals surface area contributed by atoms with Crippen LogP contribution in [0.15, 0.2) is 59.1 Å². The number of nitriles is 1. The van der Waals surface area contributed by atoms with Gasteiger partial charge in [0.15, 0.2) is 18.1 Å². The molecule has 0 aliphatic carbocycles. The van der Waals surface area contributed by atoms with E-state index in [0.717, 1.165) is 4.47 Å². The van der Waals surface area contributed by atoms with Gasteiger partial charge in [0.1, 0.15) is 11.6 Å². The minimum absolute atomic E-state index is 0.105. The number of carboxylic acids is 1. The zero-order chi connectivity index (χ0) is 22.8. The maximum Gasteiger partial charge on any atom is 0.341 e. The Hall–Kier alpha value is -3.57. The van der Waals surface area contributed by atoms with Crippen molar-refractivity contribution >= 4 is 39.6 Å². The van der Waals surface area contributed by atoms with Gasteiger partial charge < -0.3 is 19.9 Å². The van der Waals surface area contributed by atoms with Gasteiger partial charge in [0.2, 0.25) is 0 Å². The van der Waals surface area contributed by atoms with Gasteiger partial charge in [0.05, 0.1) is 6.61 Å². The van der Waals surface area contributed by atoms with Crippen LogP contribution in [0.4, 0.5) is 5.69 Å². The highest BCUT2D eigenvalue weighted by Gasteiger charge is 2.16. The third-order valence-corrected chi connectivity index (χ3v) is 4.41. The summed E-state index contributed by atoms with van der Waals surface area (Å²) in [5, 5.41) is 21.1. The van der Waals surface area contributed by atoms with Gasteiger partial charge in [0.25, 0.3) is 5.91 Å². The van der Waals surface area contributed by atoms with Gasteiger partial charge >= 0.3 is 5.97 Å². The number of nitrogens with one attached hydrogen (secondary N) is 1. The van der Waals surface area contributed by atoms with Crippen molar-refractivity contribution < 1.29 is 24.2 Å². The molecule has 7 nitrogen and oxygen atoms in total. The average molecular weight is 485 g/mol. The molecule has 0 saturated carbocycles. The highest BCUT2D eigenvalue weighted by Crippen LogP contribution is 2.34. The maximum absolute atomic E-state index is 12.6. The third kappa shape index (κ3) is 7.01. The van der Waals surface area contributed by atoms with E-state index in [9.17, 15) is 14.9 Å². The van der Waals surface area contributed by atoms with Gasteiger partial charge in [0, 0.05) is 15.7 Å². The van der Waals surface area contributed by atoms with Crippen LogP contribution in [0.3, 0.4) is 0 Å². The Bertz CT molecular complexity index is 1060. The van der Waals surface area contributed by atoms with E-state index in [1.54, 1.807) is 43.3 Å². The Morgan fingerprint density at radius 2 is 2.06 bits per heavy atom. The lowest BCUT2D eigenvalue weighted by Crippen LogP contribution is -2.13. The van der Waals surface area contributed by atoms with Crippen molar-refractivity contribution in [1.82, 2.24) is 0 Å². The van der Waals surface area contributed by atoms with Gasteiger partial charge in [-0.3, -0.25) is 4.79 Å². The predicted octanol–water partition coefficient (Wildman–Crippen LogP) is 4.59. The highest BCUT2D eigenvalue weighted by atomic mass is 79.9. The Morgan fingerprint density at radius 3 is 2.68 bits per heavy atom. The summed E-state index contributed by atoms with van der Waals surface area (Å²) >= 11 is 3.33. The summed E-state index contributed by atoms with van der Waals surface area (Å²) < 4.78 is 11.8. The number of rotatable bonds is 10. The summed E-state index contributed by atoms with van der Waals surface area (Å²) in [6.45, 7) is 5.28. The lowest BCUT2D eigenvalue weighted by molar-refractivity contribution is -0.139. The van der Waals surface area contributed by atoms with Crippen LogP contribution in [0.2, 0.25) is 0 Å². The quantitative estimate of drug-likeness (QED) is 0.290. The molecule has 0 fully saturated rings. The monoisotopic (exact) mass is 484 g/mol. The van der Waals surface area contributed by atoms with E-state index in [4.69, 9.17) is 14.6 Å². The number of carboxylic acid groups (broad SMARTS) is 1. The number of amides is 1. The normalized spacial score (nSPS) is 10.7. The zero-order valence-electron chi connectivity index (χ0n) is 16.9. The minimum atomic E-state index is -1.12. The number of ether oxygens (including phenoxy) is 2. The molecular formula is C23H21BrN2O5. The molecule has 2 rings (SSSR count). The first kappa shape index (κ1) is 23.7. The zero-order valence-corrected chi connectivity index (χ0v) is 18.4. The van der Waals surface area contributed by atoms with Crippen LogP contribution in [0.25, 0.3) is 6.08 Å². The molecule has 1 amide bonds. The van der Waals surface area contributed by atoms with Crippen LogP contribution < -0.4 is 14.8 Å². The van der Waals surface area contributed by atoms with Crippen LogP contribution in [-0.2, 0) is 16.0 Å². The summed E-state index contributed by atoms with van der Waals surface area (Å²) in [6, 6.07) is 12.2. The van der Waals surface area contributed by atoms with Crippen LogP contribution in [-0.4, -0.2) is 30.2 Å². The second kappa shape index (κ2) is 11.6. The number of hydrogen-bond acceptors (Lipinski definition) is 5. The fourth-order valence-electron chi connectivity index (χ4n) is 2.71. The smallest absolute Gasteiger partial charge is 0.341 e. The van der Waals surface area contributed by atoms with Crippen LogP contribution in [0, 0.1) is 11.3 Å². The number of benzene rings is 2. The largest absolute Gasteiger partial charge is 0.490 e. The molecule has 0 aliphatic heterocycles. The molecule has 0 atom stereocenters. The number of carbonyl (C=O) groups is 2. The van der Waals surface area contributed by atoms with E-state index >= 15 is 0 Å². The summed E-state index contributed by atoms with van der Waals surface area (Å²) in [7, 11) is 0. The molecule has 2 aromatic carbocycles. The lowest BCUT2D eigenvalue weighted by Gasteiger charge is -2.16. The number of aliphatic carboxylic acids is 1. The SMILES string of the molecule is C=CCc1cc(/C=C(\C#N)C(=O)Nc2cccc(Br)c2)cc(OCC)c1OCC(=O)O. The number of carbonyl (C=O) groups excluding carboxylic acids is 1. The van der Waals surface area contributed by atoms with E-state index in [1.807, 2.05) is 12.1 Å². The van der Waals surface area contributed by atoms with Crippen molar-refractivity contribution in [2.75, 3.05) is 18.5 Å². The molecule has 0 aliphatic rings. The van der Waals surface area contributed by atoms with Gasteiger partial charge in [-0.15, -0.1) is 6.58 Å². The fraction of sp³-hybridized carbons (Fsp3) is 0.174. The summed E-state index contributed by atoms with van der Waals surface area (Å²) in [4.78, 5) is 23.5. The molecule has 8 heteroatoms. The van der Waals surface area contributed by atoms with Gasteiger partial charge in [-0.05, 0) is 55.3 Å². The minimum Gasteiger partial charge on any atom is -0.490 e. The van der Waals surface area contributed by atoms with E-state index in [1.165, 1.54) is 6.08 Å². The highest BCUT2D eigenvalue weighted by molar-refractivity contribution is 9.10. The molecule has 160 valence electrons. The van der Waals surface area contributed by atoms with Crippen molar-refractivity contribution in [3.63, 3.8) is 0 Å². The molecule has 0 saturated heterocycles. The topological polar surface area (TPSA) is 109 Å². The molecule has 2 aromatic rings. The molecule has 2 N–H and O–H groups in total. The van der Waals surface area contributed by atoms with Crippen LogP contribution in [0.1, 0.15) is 18.1 Å². The summed E-state index contributed by atoms with van der Waals surface area (Å²) in [6.07, 6.45) is 3.45. The van der Waals surface area contributed by atoms with E-state index in [-0.39, 0.29) is 5.57 Å². The molecule has 31 heavy (non-hydrogen) atoms. The Labute approximate surface area is 188 Å². The molecule has 0 unspecified atom stereocenters. The van der Waals surface area contributed by atoms with E-state index in [0.29, 0.717) is 41.3 Å². The number of hydrogen-bond donors (Lipinski definition) is 2. The number of nitrogens with zero attached hydrogens (tertiary/aromatic N) is 1. The standard InChI is InChI=1S/C23H21BrN2O5/c1-3-6-16-9-15(11-20(30-4-2)22(16)31-14-21(27)28)10-17(13-25)23(29)26-19-8-5-7-18(24)12-19/h3,5,7-12H,1,4,6,14H2,2H3,(H,26,29)(H,27,28)/b17-10+. The average Bonchev–Trinajstić information content (AvgIpc) is 2.71. The second-order valence-electron chi connectivity index (χ2n) is 6.25. The lowest BCUT2D eigenvalue weighted by atomic mass is 10.0. The first-order chi connectivity index (χ1) is 14.9. The van der Waals surface area contributed by atoms with Crippen molar-refractivity contribution in [3.05, 3.63) is 70.2 Å². The van der Waals surface area contributed by atoms with Crippen LogP contribution in [0.5, 0.6) is 11.5 Å². The van der Waals surface area contributed by atoms with Crippen LogP contribution >= 0.6 is 15.9 Å². The maximum atomic E-state index is 12.6. The van der Waals surface area contributed by atoms with Gasteiger partial charge in [-0.25, -0.2) is 4.79 Å². The van der Waals surface area contributed by atoms with E-state index in [2.05, 4.69) is 27.8 Å². The Balaban J connectivity index is 2.42. The molecule has 0 heterocycles. The van der Waals surface area contributed by atoms with Gasteiger partial charge in [-0.2, -0.15) is 5.26 Å². The molecule has 0 spiro atoms. The Morgan fingerprint density at radius 1 is 1.29 bits per heavy atom. The fourth-order valence-corrected chi connectivity index (χ4v) is 3.11. The van der Waals surface area contributed by atoms with Crippen molar-refractivity contribution in [3.8, 4) is 17.6 Å². The van der Waals surface area contributed by atoms with Crippen molar-refractivity contribution in [2.45, 2.75) is 13.3 Å². The Kier molecular flexibility index (Phi) is 8.85. The van der Waals surface area contributed by atoms with Crippen molar-refractivity contribution in [2.24, 2.45) is 0 Å². The number of allylic oxidation sites excluding steroid dienone is 1. The molecule has 0 bridgehead atoms. The van der Waals surface area contributed by atoms with Gasteiger partial charge in [-0.1, -0.05) is 28.1 Å². The first-order valence-corrected chi connectivity index (χ1v) is 10.1. The molecular weight excluding hydrogens is 464 g/mol. The van der Waals surface area contributed by atoms with Crippen molar-refractivity contribution in [1.29, 1.82) is 5.26 Å². The second-order valence-corrected chi connectivity index (χ2v) is 7.17. The van der Waals surface area contributed by atoms with E-state index < -0.39 is 18.5 Å². The predicted molar refractivity (Wildman–Crippen MR) is 121 cm³/mol. The molecule has 0 radical (unpaired) electrons. The molecule has 0 aromatic heterocycles. The number of halogens is 1.